The van der Waals surface area contributed by atoms with Crippen LogP contribution in [0.3, 0.4) is 0 Å². The number of sulfonamides is 1. The van der Waals surface area contributed by atoms with Crippen LogP contribution < -0.4 is 10.0 Å². The quantitative estimate of drug-likeness (QED) is 0.837. The molecular weight excluding hydrogens is 374 g/mol. The molecule has 5 nitrogen and oxygen atoms in total. The minimum absolute atomic E-state index is 0. The molecule has 1 aliphatic heterocycles. The maximum absolute atomic E-state index is 12.6. The van der Waals surface area contributed by atoms with Crippen molar-refractivity contribution in [3.05, 3.63) is 22.5 Å². The fourth-order valence-corrected chi connectivity index (χ4v) is 5.88. The number of hydrogen-bond acceptors (Lipinski definition) is 6. The zero-order chi connectivity index (χ0) is 15.7. The minimum atomic E-state index is -3.46. The van der Waals surface area contributed by atoms with Crippen LogP contribution in [0.1, 0.15) is 18.4 Å². The lowest BCUT2D eigenvalue weighted by atomic mass is 9.97. The van der Waals surface area contributed by atoms with Crippen molar-refractivity contribution in [1.82, 2.24) is 15.0 Å². The first kappa shape index (κ1) is 18.8. The Balaban J connectivity index is 0.00000192. The van der Waals surface area contributed by atoms with Crippen LogP contribution in [-0.2, 0) is 10.0 Å². The van der Waals surface area contributed by atoms with Gasteiger partial charge in [0.1, 0.15) is 4.21 Å². The van der Waals surface area contributed by atoms with Crippen LogP contribution in [0.25, 0.3) is 10.6 Å². The molecule has 3 heterocycles. The van der Waals surface area contributed by atoms with Gasteiger partial charge in [-0.3, -0.25) is 0 Å². The van der Waals surface area contributed by atoms with Crippen molar-refractivity contribution in [2.45, 2.75) is 30.5 Å². The third kappa shape index (κ3) is 4.32. The summed E-state index contributed by atoms with van der Waals surface area (Å²) >= 11 is 2.84. The zero-order valence-corrected chi connectivity index (χ0v) is 16.2. The van der Waals surface area contributed by atoms with E-state index in [0.29, 0.717) is 10.1 Å². The Morgan fingerprint density at radius 1 is 1.39 bits per heavy atom. The molecule has 3 rings (SSSR count). The number of nitrogens with zero attached hydrogens (tertiary/aromatic N) is 1. The van der Waals surface area contributed by atoms with E-state index in [1.165, 1.54) is 11.3 Å². The predicted molar refractivity (Wildman–Crippen MR) is 98.2 cm³/mol. The average Bonchev–Trinajstić information content (AvgIpc) is 3.10. The Labute approximate surface area is 151 Å². The first-order valence-electron chi connectivity index (χ1n) is 7.21. The molecule has 0 spiro atoms. The van der Waals surface area contributed by atoms with Gasteiger partial charge < -0.3 is 5.32 Å². The van der Waals surface area contributed by atoms with Gasteiger partial charge in [-0.25, -0.2) is 18.1 Å². The van der Waals surface area contributed by atoms with E-state index < -0.39 is 10.0 Å². The van der Waals surface area contributed by atoms with Gasteiger partial charge in [-0.15, -0.1) is 35.1 Å². The molecule has 2 N–H and O–H groups in total. The van der Waals surface area contributed by atoms with Gasteiger partial charge in [-0.1, -0.05) is 6.92 Å². The summed E-state index contributed by atoms with van der Waals surface area (Å²) < 4.78 is 28.3. The predicted octanol–water partition coefficient (Wildman–Crippen LogP) is 2.88. The van der Waals surface area contributed by atoms with E-state index >= 15 is 0 Å². The smallest absolute Gasteiger partial charge is 0.250 e. The lowest BCUT2D eigenvalue weighted by molar-refractivity contribution is 0.328. The molecule has 1 aliphatic rings. The topological polar surface area (TPSA) is 71.1 Å². The molecule has 0 aliphatic carbocycles. The molecule has 9 heteroatoms. The molecule has 1 saturated heterocycles. The molecule has 0 radical (unpaired) electrons. The van der Waals surface area contributed by atoms with E-state index in [1.807, 2.05) is 18.4 Å². The Hall–Kier alpha value is -0.510. The normalized spacial score (nSPS) is 21.8. The van der Waals surface area contributed by atoms with Gasteiger partial charge >= 0.3 is 0 Å². The van der Waals surface area contributed by atoms with Gasteiger partial charge in [-0.2, -0.15) is 0 Å². The first-order chi connectivity index (χ1) is 10.5. The van der Waals surface area contributed by atoms with Crippen LogP contribution in [0, 0.1) is 12.8 Å². The van der Waals surface area contributed by atoms with Gasteiger partial charge in [0.15, 0.2) is 0 Å². The van der Waals surface area contributed by atoms with Crippen molar-refractivity contribution in [3.63, 3.8) is 0 Å². The van der Waals surface area contributed by atoms with E-state index in [2.05, 4.69) is 21.9 Å². The molecule has 128 valence electrons. The fraction of sp³-hybridized carbons (Fsp3) is 0.500. The van der Waals surface area contributed by atoms with Crippen molar-refractivity contribution >= 4 is 45.1 Å². The molecule has 0 amide bonds. The summed E-state index contributed by atoms with van der Waals surface area (Å²) in [4.78, 5) is 5.30. The second-order valence-electron chi connectivity index (χ2n) is 5.57. The van der Waals surface area contributed by atoms with Gasteiger partial charge in [0, 0.05) is 11.4 Å². The number of rotatable bonds is 4. The third-order valence-electron chi connectivity index (χ3n) is 3.81. The van der Waals surface area contributed by atoms with Crippen LogP contribution in [-0.4, -0.2) is 32.5 Å². The van der Waals surface area contributed by atoms with Gasteiger partial charge in [-0.05, 0) is 44.5 Å². The summed E-state index contributed by atoms with van der Waals surface area (Å²) in [6.45, 7) is 5.71. The molecular formula is C14H20ClN3O2S3. The van der Waals surface area contributed by atoms with Crippen LogP contribution in [0.5, 0.6) is 0 Å². The number of piperidine rings is 1. The molecule has 0 bridgehead atoms. The third-order valence-corrected chi connectivity index (χ3v) is 7.67. The number of hydrogen-bond donors (Lipinski definition) is 2. The van der Waals surface area contributed by atoms with Crippen LogP contribution in [0.4, 0.5) is 0 Å². The molecule has 1 fully saturated rings. The monoisotopic (exact) mass is 393 g/mol. The number of aromatic nitrogens is 1. The lowest BCUT2D eigenvalue weighted by Crippen LogP contribution is -2.48. The van der Waals surface area contributed by atoms with Gasteiger partial charge in [0.2, 0.25) is 10.0 Å². The van der Waals surface area contributed by atoms with Gasteiger partial charge in [0.05, 0.1) is 15.6 Å². The zero-order valence-electron chi connectivity index (χ0n) is 12.9. The molecule has 2 atom stereocenters. The summed E-state index contributed by atoms with van der Waals surface area (Å²) in [5.74, 6) is 0.296. The lowest BCUT2D eigenvalue weighted by Gasteiger charge is -2.29. The van der Waals surface area contributed by atoms with E-state index in [9.17, 15) is 8.42 Å². The van der Waals surface area contributed by atoms with E-state index in [4.69, 9.17) is 0 Å². The average molecular weight is 394 g/mol. The highest BCUT2D eigenvalue weighted by Crippen LogP contribution is 2.31. The number of thiophene rings is 1. The Morgan fingerprint density at radius 2 is 2.17 bits per heavy atom. The Morgan fingerprint density at radius 3 is 2.83 bits per heavy atom. The second-order valence-corrected chi connectivity index (χ2v) is 9.66. The van der Waals surface area contributed by atoms with E-state index in [1.54, 1.807) is 17.4 Å². The molecule has 2 aromatic heterocycles. The molecule has 23 heavy (non-hydrogen) atoms. The number of nitrogens with one attached hydrogen (secondary N) is 2. The highest BCUT2D eigenvalue weighted by atomic mass is 35.5. The maximum Gasteiger partial charge on any atom is 0.250 e. The summed E-state index contributed by atoms with van der Waals surface area (Å²) in [7, 11) is -3.46. The fourth-order valence-electron chi connectivity index (χ4n) is 2.53. The van der Waals surface area contributed by atoms with Crippen LogP contribution in [0.2, 0.25) is 0 Å². The molecule has 2 unspecified atom stereocenters. The summed E-state index contributed by atoms with van der Waals surface area (Å²) in [5, 5.41) is 6.22. The van der Waals surface area contributed by atoms with Crippen molar-refractivity contribution < 1.29 is 8.42 Å². The Bertz CT molecular complexity index is 757. The SMILES string of the molecule is Cc1nc(-c2ccc(S(=O)(=O)NC3CCNCC3C)s2)cs1.Cl. The highest BCUT2D eigenvalue weighted by Gasteiger charge is 2.27. The summed E-state index contributed by atoms with van der Waals surface area (Å²) in [6.07, 6.45) is 0.823. The van der Waals surface area contributed by atoms with Crippen molar-refractivity contribution in [2.24, 2.45) is 5.92 Å². The molecule has 0 aromatic carbocycles. The largest absolute Gasteiger partial charge is 0.316 e. The Kier molecular flexibility index (Phi) is 6.21. The number of thiazole rings is 1. The summed E-state index contributed by atoms with van der Waals surface area (Å²) in [5.41, 5.74) is 0.851. The van der Waals surface area contributed by atoms with Gasteiger partial charge in [0.25, 0.3) is 0 Å². The van der Waals surface area contributed by atoms with E-state index in [-0.39, 0.29) is 18.4 Å². The van der Waals surface area contributed by atoms with Crippen LogP contribution >= 0.6 is 35.1 Å². The molecule has 0 saturated carbocycles. The summed E-state index contributed by atoms with van der Waals surface area (Å²) in [6, 6.07) is 3.50. The second kappa shape index (κ2) is 7.58. The number of aryl methyl sites for hydroxylation is 1. The maximum atomic E-state index is 12.6. The number of halogens is 1. The first-order valence-corrected chi connectivity index (χ1v) is 10.4. The highest BCUT2D eigenvalue weighted by molar-refractivity contribution is 7.91. The van der Waals surface area contributed by atoms with Crippen molar-refractivity contribution in [2.75, 3.05) is 13.1 Å². The van der Waals surface area contributed by atoms with E-state index in [0.717, 1.165) is 35.1 Å². The van der Waals surface area contributed by atoms with Crippen molar-refractivity contribution in [1.29, 1.82) is 0 Å². The van der Waals surface area contributed by atoms with Crippen molar-refractivity contribution in [3.8, 4) is 10.6 Å². The minimum Gasteiger partial charge on any atom is -0.316 e. The standard InChI is InChI=1S/C14H19N3O2S3.ClH/c1-9-7-15-6-5-11(9)17-22(18,19)14-4-3-13(21-14)12-8-20-10(2)16-12;/h3-4,8-9,11,15,17H,5-7H2,1-2H3;1H. The molecule has 2 aromatic rings. The van der Waals surface area contributed by atoms with Crippen LogP contribution in [0.15, 0.2) is 21.7 Å².